The second kappa shape index (κ2) is 26.5. The van der Waals surface area contributed by atoms with Crippen molar-refractivity contribution in [2.45, 2.75) is 101 Å². The van der Waals surface area contributed by atoms with Crippen molar-refractivity contribution in [2.24, 2.45) is 22.0 Å². The number of phenols is 1. The predicted molar refractivity (Wildman–Crippen MR) is 303 cm³/mol. The lowest BCUT2D eigenvalue weighted by molar-refractivity contribution is -0.173. The second-order valence-corrected chi connectivity index (χ2v) is 22.3. The molecular formula is C56H67N5O20S2. The number of carbonyl (C=O) groups is 4. The molecule has 10 rings (SSSR count). The number of nitrogens with zero attached hydrogens (tertiary/aromatic N) is 4. The number of carboxylic acid groups (broad SMARTS) is 1. The number of aromatic hydroxyl groups is 1. The number of fused-ring (bicyclic) bond motifs is 6. The largest absolute Gasteiger partial charge is 0.510 e. The van der Waals surface area contributed by atoms with Crippen molar-refractivity contribution in [2.75, 3.05) is 27.5 Å². The molecule has 4 heterocycles. The molecule has 13 N–H and O–H groups in total. The Hall–Kier alpha value is -8.02. The summed E-state index contributed by atoms with van der Waals surface area (Å²) in [5, 5.41) is 77.7. The van der Waals surface area contributed by atoms with Crippen molar-refractivity contribution in [3.8, 4) is 17.2 Å². The van der Waals surface area contributed by atoms with Crippen LogP contribution in [-0.2, 0) is 43.0 Å². The highest BCUT2D eigenvalue weighted by Crippen LogP contribution is 2.56. The number of carboxylic acids is 1. The first-order chi connectivity index (χ1) is 38.3. The van der Waals surface area contributed by atoms with Gasteiger partial charge in [0.05, 0.1) is 57.2 Å². The highest BCUT2D eigenvalue weighted by Gasteiger charge is 2.69. The van der Waals surface area contributed by atoms with Crippen LogP contribution in [0.4, 0.5) is 0 Å². The third-order valence-electron chi connectivity index (χ3n) is 14.5. The van der Waals surface area contributed by atoms with E-state index < -0.39 is 102 Å². The number of primary amides is 1. The van der Waals surface area contributed by atoms with Crippen LogP contribution in [0.3, 0.4) is 0 Å². The van der Waals surface area contributed by atoms with Crippen LogP contribution in [0.25, 0.3) is 10.9 Å². The van der Waals surface area contributed by atoms with Gasteiger partial charge in [-0.05, 0) is 64.2 Å². The Morgan fingerprint density at radius 2 is 1.60 bits per heavy atom. The standard InChI is InChI=1S/C22H24N2O9.C13H11NO5.C11H19NOS.C10H9NO3S.2H2O/c1-21(32)7-5-4-6-8(25)9(7)15(26)10-12(21)17(28)13-14(24(2)3)16(27)11(20(23)31)19(30)22(13,33)18(10)29;1-2-14-5-8(13(16)17)12(15)7-3-10-11(4-9(7)14)19-6-18-10;1-2-3-4-5-6-7-9-12-11(13)8-10-14-12;1-2-7-14-10-8-5-3-4-6-9(8)15(12,13)11-10;;/h4-6,12-14,17,25,27-29,32-33H,1-3H3,(H2,23,31);3-5H,2,6H2,1H3,(H,16,17);8,10H,2-7,9H2,1H3;2-6H,1,7H2;2*1H2/t12-,13-,14+,17+,21-,22+;;;;;/m1...../s1. The molecule has 5 aromatic rings. The molecule has 448 valence electrons. The number of nitrogens with two attached hydrogens (primary N) is 1. The molecule has 3 aliphatic carbocycles. The van der Waals surface area contributed by atoms with Gasteiger partial charge in [-0.15, -0.1) is 4.40 Å². The fourth-order valence-corrected chi connectivity index (χ4v) is 12.5. The van der Waals surface area contributed by atoms with Crippen molar-refractivity contribution in [3.05, 3.63) is 150 Å². The zero-order valence-corrected chi connectivity index (χ0v) is 47.5. The monoisotopic (exact) mass is 1190 g/mol. The molecule has 5 aliphatic rings. The third-order valence-corrected chi connectivity index (χ3v) is 16.7. The number of aryl methyl sites for hydroxylation is 2. The average molecular weight is 1190 g/mol. The number of pyridine rings is 1. The topological polar surface area (TPSA) is 420 Å². The van der Waals surface area contributed by atoms with Gasteiger partial charge < -0.3 is 71.2 Å². The summed E-state index contributed by atoms with van der Waals surface area (Å²) in [6.07, 6.45) is 8.72. The number of amides is 1. The highest BCUT2D eigenvalue weighted by atomic mass is 32.2. The SMILES string of the molecule is C=CCOC1=NS(=O)(=O)c2ccccc21.CCCCCCCCn1sccc1=O.CCn1cc(C(=O)O)c(=O)c2cc3c(cc21)OCO3.CN(C)[C@@H]1C(O)=C(C(N)=O)C(=O)[C@@]2(O)C(O)=C3C(=O)c4c(O)cccc4[C@@](C)(O)[C@H]3[C@H](O)[C@@H]12.O.O. The normalized spacial score (nSPS) is 22.1. The third kappa shape index (κ3) is 12.4. The summed E-state index contributed by atoms with van der Waals surface area (Å²) in [5.74, 6) is -9.72. The number of sulfonamides is 1. The maximum Gasteiger partial charge on any atom is 0.341 e. The number of Topliss-reactive ketones (excluding diaryl/α,β-unsaturated/α-hetero) is 2. The quantitative estimate of drug-likeness (QED) is 0.0477. The molecule has 25 nitrogen and oxygen atoms in total. The van der Waals surface area contributed by atoms with E-state index in [1.165, 1.54) is 106 Å². The maximum absolute atomic E-state index is 13.3. The van der Waals surface area contributed by atoms with Crippen LogP contribution in [0.5, 0.6) is 17.2 Å². The molecule has 0 saturated carbocycles. The molecule has 0 fully saturated rings. The van der Waals surface area contributed by atoms with E-state index in [1.54, 1.807) is 41.0 Å². The Bertz CT molecular complexity index is 3650. The van der Waals surface area contributed by atoms with Crippen LogP contribution in [0.2, 0.25) is 0 Å². The molecule has 2 aliphatic heterocycles. The smallest absolute Gasteiger partial charge is 0.341 e. The van der Waals surface area contributed by atoms with E-state index in [4.69, 9.17) is 25.1 Å². The number of benzene rings is 3. The number of rotatable bonds is 13. The molecule has 27 heteroatoms. The number of aromatic carboxylic acids is 1. The van der Waals surface area contributed by atoms with Gasteiger partial charge >= 0.3 is 5.97 Å². The van der Waals surface area contributed by atoms with Crippen LogP contribution < -0.4 is 26.2 Å². The van der Waals surface area contributed by atoms with Crippen LogP contribution in [0.15, 0.2) is 126 Å². The number of likely N-dealkylation sites (N-methyl/N-ethyl adjacent to an activating group) is 1. The minimum atomic E-state index is -3.56. The first-order valence-electron chi connectivity index (χ1n) is 25.7. The molecule has 2 aromatic heterocycles. The first-order valence-corrected chi connectivity index (χ1v) is 28.0. The van der Waals surface area contributed by atoms with E-state index in [-0.39, 0.29) is 57.4 Å². The summed E-state index contributed by atoms with van der Waals surface area (Å²) in [4.78, 5) is 74.4. The summed E-state index contributed by atoms with van der Waals surface area (Å²) < 4.78 is 45.8. The molecule has 3 aromatic carbocycles. The lowest BCUT2D eigenvalue weighted by atomic mass is 9.54. The van der Waals surface area contributed by atoms with E-state index >= 15 is 0 Å². The minimum absolute atomic E-state index is 0. The lowest BCUT2D eigenvalue weighted by Crippen LogP contribution is -2.70. The molecule has 0 bridgehead atoms. The number of unbranched alkanes of at least 4 members (excludes halogenated alkanes) is 5. The van der Waals surface area contributed by atoms with Gasteiger partial charge in [0.15, 0.2) is 22.9 Å². The molecule has 0 unspecified atom stereocenters. The predicted octanol–water partition coefficient (Wildman–Crippen LogP) is 3.16. The van der Waals surface area contributed by atoms with E-state index in [0.29, 0.717) is 34.5 Å². The Morgan fingerprint density at radius 3 is 2.20 bits per heavy atom. The van der Waals surface area contributed by atoms with Crippen molar-refractivity contribution < 1.29 is 88.5 Å². The van der Waals surface area contributed by atoms with Gasteiger partial charge in [0.25, 0.3) is 21.5 Å². The Labute approximate surface area is 479 Å². The fraction of sp³-hybridized carbons (Fsp3) is 0.375. The lowest BCUT2D eigenvalue weighted by Gasteiger charge is -2.55. The van der Waals surface area contributed by atoms with Crippen LogP contribution in [0, 0.1) is 11.8 Å². The van der Waals surface area contributed by atoms with Crippen LogP contribution in [0.1, 0.15) is 91.1 Å². The van der Waals surface area contributed by atoms with Crippen molar-refractivity contribution in [1.29, 1.82) is 0 Å². The summed E-state index contributed by atoms with van der Waals surface area (Å²) in [7, 11) is -0.703. The van der Waals surface area contributed by atoms with Gasteiger partial charge in [-0.3, -0.25) is 32.8 Å². The molecule has 0 saturated heterocycles. The average Bonchev–Trinajstić information content (AvgIpc) is 2.91. The Balaban J connectivity index is 0.000000216. The molecule has 83 heavy (non-hydrogen) atoms. The molecule has 0 spiro atoms. The number of phenolic OH excluding ortho intramolecular Hbond substituents is 1. The molecular weight excluding hydrogens is 1130 g/mol. The molecule has 0 radical (unpaired) electrons. The fourth-order valence-electron chi connectivity index (χ4n) is 10.6. The summed E-state index contributed by atoms with van der Waals surface area (Å²) in [5.41, 5.74) is -1.32. The highest BCUT2D eigenvalue weighted by molar-refractivity contribution is 7.90. The Morgan fingerprint density at radius 1 is 0.952 bits per heavy atom. The molecule has 6 atom stereocenters. The van der Waals surface area contributed by atoms with Gasteiger partial charge in [-0.25, -0.2) is 4.79 Å². The zero-order valence-electron chi connectivity index (χ0n) is 45.9. The van der Waals surface area contributed by atoms with E-state index in [0.717, 1.165) is 13.0 Å². The van der Waals surface area contributed by atoms with Crippen molar-refractivity contribution in [3.63, 3.8) is 0 Å². The number of aromatic nitrogens is 2. The number of aliphatic hydroxyl groups is 5. The first kappa shape index (κ1) is 65.8. The van der Waals surface area contributed by atoms with Crippen molar-refractivity contribution >= 4 is 61.8 Å². The number of aliphatic hydroxyl groups excluding tert-OH is 3. The summed E-state index contributed by atoms with van der Waals surface area (Å²) >= 11 is 1.52. The van der Waals surface area contributed by atoms with Gasteiger partial charge in [0, 0.05) is 36.8 Å². The number of ketones is 2. The van der Waals surface area contributed by atoms with Gasteiger partial charge in [0.2, 0.25) is 23.9 Å². The minimum Gasteiger partial charge on any atom is -0.510 e. The van der Waals surface area contributed by atoms with Crippen LogP contribution in [-0.4, -0.2) is 143 Å². The van der Waals surface area contributed by atoms with E-state index in [9.17, 15) is 67.8 Å². The zero-order chi connectivity index (χ0) is 59.5. The Kier molecular flexibility index (Phi) is 21.0. The maximum atomic E-state index is 13.3. The summed E-state index contributed by atoms with van der Waals surface area (Å²) in [6, 6.07) is 14.0. The van der Waals surface area contributed by atoms with E-state index in [1.807, 2.05) is 16.3 Å². The number of carbonyl (C=O) groups excluding carboxylic acids is 3. The number of ether oxygens (including phenoxy) is 3. The van der Waals surface area contributed by atoms with Gasteiger partial charge in [0.1, 0.15) is 39.9 Å². The van der Waals surface area contributed by atoms with E-state index in [2.05, 4.69) is 17.9 Å². The second-order valence-electron chi connectivity index (χ2n) is 19.8. The van der Waals surface area contributed by atoms with Crippen LogP contribution >= 0.6 is 11.5 Å². The number of hydrogen-bond acceptors (Lipinski definition) is 19. The van der Waals surface area contributed by atoms with Gasteiger partial charge in [-0.1, -0.05) is 87.5 Å². The summed E-state index contributed by atoms with van der Waals surface area (Å²) in [6.45, 7) is 10.6. The van der Waals surface area contributed by atoms with Crippen molar-refractivity contribution in [1.82, 2.24) is 13.4 Å². The number of hydrogen-bond donors (Lipinski definition) is 8. The van der Waals surface area contributed by atoms with Gasteiger partial charge in [-0.2, -0.15) is 8.42 Å². The molecule has 1 amide bonds.